The van der Waals surface area contributed by atoms with Crippen molar-refractivity contribution in [2.75, 3.05) is 5.01 Å². The van der Waals surface area contributed by atoms with Crippen molar-refractivity contribution in [3.8, 4) is 0 Å². The molecule has 1 atom stereocenters. The summed E-state index contributed by atoms with van der Waals surface area (Å²) in [7, 11) is 0. The zero-order chi connectivity index (χ0) is 10.8. The lowest BCUT2D eigenvalue weighted by Gasteiger charge is -2.11. The summed E-state index contributed by atoms with van der Waals surface area (Å²) >= 11 is 0. The first-order valence-electron chi connectivity index (χ1n) is 4.54. The molecular formula is C10H10N4O. The maximum Gasteiger partial charge on any atom is 0.280 e. The van der Waals surface area contributed by atoms with Crippen LogP contribution in [-0.4, -0.2) is 17.7 Å². The molecule has 0 aliphatic carbocycles. The maximum absolute atomic E-state index is 11.7. The smallest absolute Gasteiger partial charge is 0.269 e. The zero-order valence-corrected chi connectivity index (χ0v) is 8.21. The van der Waals surface area contributed by atoms with Crippen molar-refractivity contribution in [1.82, 2.24) is 0 Å². The SMILES string of the molecule is CC1=NN(c2ccccc2)C(=O)[C@H]1N=N. The summed E-state index contributed by atoms with van der Waals surface area (Å²) in [6.45, 7) is 1.70. The van der Waals surface area contributed by atoms with E-state index in [-0.39, 0.29) is 5.91 Å². The van der Waals surface area contributed by atoms with E-state index in [0.717, 1.165) is 0 Å². The Bertz CT molecular complexity index is 426. The largest absolute Gasteiger partial charge is 0.280 e. The van der Waals surface area contributed by atoms with Gasteiger partial charge >= 0.3 is 0 Å². The van der Waals surface area contributed by atoms with E-state index < -0.39 is 6.04 Å². The Morgan fingerprint density at radius 1 is 1.40 bits per heavy atom. The molecule has 5 nitrogen and oxygen atoms in total. The molecule has 1 amide bonds. The molecule has 1 heterocycles. The number of rotatable bonds is 2. The van der Waals surface area contributed by atoms with Crippen LogP contribution in [0.1, 0.15) is 6.92 Å². The fourth-order valence-corrected chi connectivity index (χ4v) is 1.46. The van der Waals surface area contributed by atoms with Gasteiger partial charge in [-0.15, -0.1) is 0 Å². The third-order valence-electron chi connectivity index (χ3n) is 2.23. The third kappa shape index (κ3) is 1.52. The fourth-order valence-electron chi connectivity index (χ4n) is 1.46. The number of anilines is 1. The predicted molar refractivity (Wildman–Crippen MR) is 56.0 cm³/mol. The Balaban J connectivity index is 2.35. The number of hydrogen-bond acceptors (Lipinski definition) is 4. The number of para-hydroxylation sites is 1. The van der Waals surface area contributed by atoms with Gasteiger partial charge in [0.1, 0.15) is 0 Å². The maximum atomic E-state index is 11.7. The lowest BCUT2D eigenvalue weighted by atomic mass is 10.2. The average Bonchev–Trinajstić information content (AvgIpc) is 2.55. The Morgan fingerprint density at radius 2 is 2.07 bits per heavy atom. The first kappa shape index (κ1) is 9.51. The van der Waals surface area contributed by atoms with Crippen LogP contribution in [0.5, 0.6) is 0 Å². The molecule has 2 rings (SSSR count). The lowest BCUT2D eigenvalue weighted by molar-refractivity contribution is -0.117. The Hall–Kier alpha value is -2.04. The third-order valence-corrected chi connectivity index (χ3v) is 2.23. The highest BCUT2D eigenvalue weighted by Gasteiger charge is 2.34. The molecule has 0 unspecified atom stereocenters. The van der Waals surface area contributed by atoms with E-state index in [1.807, 2.05) is 18.2 Å². The van der Waals surface area contributed by atoms with Crippen LogP contribution in [0.2, 0.25) is 0 Å². The van der Waals surface area contributed by atoms with Crippen LogP contribution >= 0.6 is 0 Å². The molecule has 0 radical (unpaired) electrons. The van der Waals surface area contributed by atoms with Gasteiger partial charge in [0.2, 0.25) is 0 Å². The van der Waals surface area contributed by atoms with Gasteiger partial charge in [0.15, 0.2) is 6.04 Å². The molecular weight excluding hydrogens is 192 g/mol. The molecule has 1 N–H and O–H groups in total. The molecule has 0 spiro atoms. The van der Waals surface area contributed by atoms with Crippen LogP contribution in [-0.2, 0) is 4.79 Å². The second kappa shape index (κ2) is 3.61. The van der Waals surface area contributed by atoms with Crippen molar-refractivity contribution in [3.63, 3.8) is 0 Å². The molecule has 0 aromatic heterocycles. The second-order valence-corrected chi connectivity index (χ2v) is 3.26. The predicted octanol–water partition coefficient (Wildman–Crippen LogP) is 1.81. The molecule has 15 heavy (non-hydrogen) atoms. The van der Waals surface area contributed by atoms with E-state index in [4.69, 9.17) is 5.53 Å². The zero-order valence-electron chi connectivity index (χ0n) is 8.21. The molecule has 1 aromatic carbocycles. The Kier molecular flexibility index (Phi) is 2.29. The van der Waals surface area contributed by atoms with E-state index in [9.17, 15) is 4.79 Å². The van der Waals surface area contributed by atoms with Crippen LogP contribution in [0.4, 0.5) is 5.69 Å². The summed E-state index contributed by atoms with van der Waals surface area (Å²) in [6.07, 6.45) is 0. The molecule has 0 saturated heterocycles. The summed E-state index contributed by atoms with van der Waals surface area (Å²) in [5.41, 5.74) is 8.17. The van der Waals surface area contributed by atoms with Gasteiger partial charge in [0.25, 0.3) is 5.91 Å². The van der Waals surface area contributed by atoms with Gasteiger partial charge < -0.3 is 0 Å². The average molecular weight is 202 g/mol. The monoisotopic (exact) mass is 202 g/mol. The van der Waals surface area contributed by atoms with Gasteiger partial charge in [-0.3, -0.25) is 4.79 Å². The molecule has 1 aromatic rings. The summed E-state index contributed by atoms with van der Waals surface area (Å²) in [5, 5.41) is 8.62. The van der Waals surface area contributed by atoms with Crippen molar-refractivity contribution in [2.45, 2.75) is 13.0 Å². The van der Waals surface area contributed by atoms with E-state index in [0.29, 0.717) is 11.4 Å². The minimum absolute atomic E-state index is 0.270. The highest BCUT2D eigenvalue weighted by Crippen LogP contribution is 2.21. The second-order valence-electron chi connectivity index (χ2n) is 3.26. The first-order valence-corrected chi connectivity index (χ1v) is 4.54. The summed E-state index contributed by atoms with van der Waals surface area (Å²) < 4.78 is 0. The van der Waals surface area contributed by atoms with E-state index in [1.54, 1.807) is 19.1 Å². The van der Waals surface area contributed by atoms with Crippen molar-refractivity contribution in [3.05, 3.63) is 30.3 Å². The van der Waals surface area contributed by atoms with Crippen LogP contribution in [0.15, 0.2) is 40.5 Å². The van der Waals surface area contributed by atoms with Crippen molar-refractivity contribution in [1.29, 1.82) is 5.53 Å². The first-order chi connectivity index (χ1) is 7.24. The number of carbonyl (C=O) groups is 1. The van der Waals surface area contributed by atoms with Crippen LogP contribution in [0, 0.1) is 5.53 Å². The lowest BCUT2D eigenvalue weighted by Crippen LogP contribution is -2.29. The summed E-state index contributed by atoms with van der Waals surface area (Å²) in [4.78, 5) is 11.7. The van der Waals surface area contributed by atoms with Crippen LogP contribution in [0.25, 0.3) is 0 Å². The van der Waals surface area contributed by atoms with Gasteiger partial charge in [-0.1, -0.05) is 18.2 Å². The fraction of sp³-hybridized carbons (Fsp3) is 0.200. The number of benzene rings is 1. The standard InChI is InChI=1S/C10H10N4O/c1-7-9(12-11)10(15)14(13-7)8-5-3-2-4-6-8/h2-6,9,11H,1H3/t9-/m0/s1. The van der Waals surface area contributed by atoms with E-state index in [1.165, 1.54) is 5.01 Å². The van der Waals surface area contributed by atoms with E-state index in [2.05, 4.69) is 10.2 Å². The van der Waals surface area contributed by atoms with Crippen molar-refractivity contribution < 1.29 is 4.79 Å². The molecule has 0 saturated carbocycles. The molecule has 1 aliphatic heterocycles. The Labute approximate surface area is 86.9 Å². The number of nitrogens with one attached hydrogen (secondary N) is 1. The molecule has 76 valence electrons. The Morgan fingerprint density at radius 3 is 2.60 bits per heavy atom. The van der Waals surface area contributed by atoms with Crippen LogP contribution in [0.3, 0.4) is 0 Å². The topological polar surface area (TPSA) is 68.9 Å². The van der Waals surface area contributed by atoms with Gasteiger partial charge in [-0.05, 0) is 19.1 Å². The minimum Gasteiger partial charge on any atom is -0.269 e. The van der Waals surface area contributed by atoms with Gasteiger partial charge in [0, 0.05) is 0 Å². The minimum atomic E-state index is -0.745. The molecule has 0 bridgehead atoms. The number of hydrogen-bond donors (Lipinski definition) is 1. The van der Waals surface area contributed by atoms with Gasteiger partial charge in [-0.25, -0.2) is 5.53 Å². The molecule has 1 aliphatic rings. The number of amides is 1. The normalized spacial score (nSPS) is 20.3. The van der Waals surface area contributed by atoms with Gasteiger partial charge in [-0.2, -0.15) is 15.2 Å². The summed E-state index contributed by atoms with van der Waals surface area (Å²) in [6, 6.07) is 8.37. The van der Waals surface area contributed by atoms with Crippen LogP contribution < -0.4 is 5.01 Å². The quantitative estimate of drug-likeness (QED) is 0.730. The van der Waals surface area contributed by atoms with E-state index >= 15 is 0 Å². The number of nitrogens with zero attached hydrogens (tertiary/aromatic N) is 3. The van der Waals surface area contributed by atoms with Gasteiger partial charge in [0.05, 0.1) is 11.4 Å². The van der Waals surface area contributed by atoms with Crippen molar-refractivity contribution in [2.24, 2.45) is 10.2 Å². The summed E-state index contributed by atoms with van der Waals surface area (Å²) in [5.74, 6) is -0.270. The van der Waals surface area contributed by atoms with Crippen molar-refractivity contribution >= 4 is 17.3 Å². The molecule has 0 fully saturated rings. The molecule has 5 heteroatoms. The number of carbonyl (C=O) groups excluding carboxylic acids is 1. The highest BCUT2D eigenvalue weighted by atomic mass is 16.2. The number of hydrazone groups is 1. The highest BCUT2D eigenvalue weighted by molar-refractivity contribution is 6.18.